The molecule has 1 fully saturated rings. The van der Waals surface area contributed by atoms with E-state index < -0.39 is 0 Å². The molecule has 0 aliphatic carbocycles. The van der Waals surface area contributed by atoms with Crippen LogP contribution in [0.3, 0.4) is 0 Å². The van der Waals surface area contributed by atoms with Crippen molar-refractivity contribution in [2.24, 2.45) is 5.41 Å². The third kappa shape index (κ3) is 4.97. The zero-order valence-electron chi connectivity index (χ0n) is 16.1. The number of amides is 1. The molecule has 0 spiro atoms. The quantitative estimate of drug-likeness (QED) is 0.871. The molecule has 2 rings (SSSR count). The third-order valence-corrected chi connectivity index (χ3v) is 4.74. The van der Waals surface area contributed by atoms with Crippen LogP contribution in [0.4, 0.5) is 11.4 Å². The molecule has 1 aromatic carbocycles. The van der Waals surface area contributed by atoms with Gasteiger partial charge in [-0.1, -0.05) is 20.8 Å². The summed E-state index contributed by atoms with van der Waals surface area (Å²) >= 11 is 0. The van der Waals surface area contributed by atoms with Crippen molar-refractivity contribution in [3.05, 3.63) is 23.3 Å². The SMILES string of the molecule is CNC1CCN(c2cc(C)c(NC(=O)CC(C)(C)C)c(C)c2)CC1.[HH]. The highest BCUT2D eigenvalue weighted by Crippen LogP contribution is 2.30. The van der Waals surface area contributed by atoms with Crippen molar-refractivity contribution < 1.29 is 6.22 Å². The van der Waals surface area contributed by atoms with Gasteiger partial charge in [-0.25, -0.2) is 0 Å². The van der Waals surface area contributed by atoms with Crippen molar-refractivity contribution in [1.82, 2.24) is 5.32 Å². The highest BCUT2D eigenvalue weighted by molar-refractivity contribution is 5.93. The van der Waals surface area contributed by atoms with Crippen molar-refractivity contribution in [1.29, 1.82) is 0 Å². The molecule has 1 saturated heterocycles. The molecule has 1 aliphatic heterocycles. The number of nitrogens with one attached hydrogen (secondary N) is 2. The Morgan fingerprint density at radius 2 is 1.75 bits per heavy atom. The topological polar surface area (TPSA) is 44.4 Å². The Morgan fingerprint density at radius 3 is 2.21 bits per heavy atom. The molecule has 136 valence electrons. The first-order chi connectivity index (χ1) is 11.2. The van der Waals surface area contributed by atoms with E-state index in [2.05, 4.69) is 62.3 Å². The van der Waals surface area contributed by atoms with Crippen molar-refractivity contribution in [2.45, 2.75) is 59.9 Å². The largest absolute Gasteiger partial charge is 0.371 e. The number of carbonyl (C=O) groups is 1. The first kappa shape index (κ1) is 18.8. The minimum Gasteiger partial charge on any atom is -0.371 e. The summed E-state index contributed by atoms with van der Waals surface area (Å²) in [6, 6.07) is 5.05. The van der Waals surface area contributed by atoms with Crippen LogP contribution in [-0.4, -0.2) is 32.1 Å². The molecule has 0 aromatic heterocycles. The summed E-state index contributed by atoms with van der Waals surface area (Å²) in [5.74, 6) is 0.0938. The number of hydrogen-bond donors (Lipinski definition) is 2. The fraction of sp³-hybridized carbons (Fsp3) is 0.650. The second kappa shape index (κ2) is 7.56. The van der Waals surface area contributed by atoms with Gasteiger partial charge in [0.2, 0.25) is 5.91 Å². The van der Waals surface area contributed by atoms with Gasteiger partial charge in [0.25, 0.3) is 0 Å². The van der Waals surface area contributed by atoms with Gasteiger partial charge >= 0.3 is 0 Å². The lowest BCUT2D eigenvalue weighted by molar-refractivity contribution is -0.117. The second-order valence-corrected chi connectivity index (χ2v) is 8.29. The van der Waals surface area contributed by atoms with Crippen LogP contribution in [0.2, 0.25) is 0 Å². The Labute approximate surface area is 148 Å². The minimum absolute atomic E-state index is 0. The maximum Gasteiger partial charge on any atom is 0.224 e. The molecule has 0 bridgehead atoms. The zero-order valence-corrected chi connectivity index (χ0v) is 16.1. The number of hydrogen-bond acceptors (Lipinski definition) is 3. The van der Waals surface area contributed by atoms with E-state index in [1.54, 1.807) is 0 Å². The van der Waals surface area contributed by atoms with Crippen LogP contribution < -0.4 is 15.5 Å². The van der Waals surface area contributed by atoms with Crippen LogP contribution >= 0.6 is 0 Å². The van der Waals surface area contributed by atoms with Crippen LogP contribution in [0.5, 0.6) is 0 Å². The maximum atomic E-state index is 12.3. The molecule has 1 aliphatic rings. The molecule has 0 saturated carbocycles. The molecule has 1 aromatic rings. The van der Waals surface area contributed by atoms with Gasteiger partial charge in [0.15, 0.2) is 0 Å². The number of anilines is 2. The summed E-state index contributed by atoms with van der Waals surface area (Å²) in [6.07, 6.45) is 2.89. The van der Waals surface area contributed by atoms with Gasteiger partial charge < -0.3 is 15.5 Å². The summed E-state index contributed by atoms with van der Waals surface area (Å²) in [4.78, 5) is 14.7. The van der Waals surface area contributed by atoms with E-state index in [0.717, 1.165) is 29.9 Å². The second-order valence-electron chi connectivity index (χ2n) is 8.29. The van der Waals surface area contributed by atoms with Gasteiger partial charge in [-0.15, -0.1) is 0 Å². The Bertz CT molecular complexity index is 564. The molecule has 0 radical (unpaired) electrons. The lowest BCUT2D eigenvalue weighted by Crippen LogP contribution is -2.41. The van der Waals surface area contributed by atoms with E-state index in [-0.39, 0.29) is 12.7 Å². The van der Waals surface area contributed by atoms with Gasteiger partial charge in [0.1, 0.15) is 0 Å². The molecule has 0 atom stereocenters. The normalized spacial score (nSPS) is 16.3. The smallest absolute Gasteiger partial charge is 0.224 e. The Balaban J connectivity index is 0.00000312. The van der Waals surface area contributed by atoms with Crippen molar-refractivity contribution >= 4 is 17.3 Å². The summed E-state index contributed by atoms with van der Waals surface area (Å²) in [5.41, 5.74) is 4.53. The predicted octanol–water partition coefficient (Wildman–Crippen LogP) is 4.11. The molecule has 0 unspecified atom stereocenters. The molecular weight excluding hydrogens is 298 g/mol. The summed E-state index contributed by atoms with van der Waals surface area (Å²) in [6.45, 7) is 12.6. The lowest BCUT2D eigenvalue weighted by atomic mass is 9.92. The van der Waals surface area contributed by atoms with E-state index >= 15 is 0 Å². The van der Waals surface area contributed by atoms with Gasteiger partial charge in [-0.3, -0.25) is 4.79 Å². The Hall–Kier alpha value is -1.55. The van der Waals surface area contributed by atoms with Crippen molar-refractivity contribution in [3.63, 3.8) is 0 Å². The number of nitrogens with zero attached hydrogens (tertiary/aromatic N) is 1. The highest BCUT2D eigenvalue weighted by atomic mass is 16.1. The summed E-state index contributed by atoms with van der Waals surface area (Å²) in [5, 5.41) is 6.49. The van der Waals surface area contributed by atoms with Crippen LogP contribution in [-0.2, 0) is 4.79 Å². The number of carbonyl (C=O) groups excluding carboxylic acids is 1. The molecule has 1 amide bonds. The number of benzene rings is 1. The maximum absolute atomic E-state index is 12.3. The molecule has 2 N–H and O–H groups in total. The third-order valence-electron chi connectivity index (χ3n) is 4.74. The Kier molecular flexibility index (Phi) is 5.92. The van der Waals surface area contributed by atoms with Gasteiger partial charge in [0, 0.05) is 38.4 Å². The molecule has 1 heterocycles. The number of rotatable bonds is 4. The molecule has 4 heteroatoms. The van der Waals surface area contributed by atoms with E-state index in [1.807, 2.05) is 7.05 Å². The van der Waals surface area contributed by atoms with E-state index in [1.165, 1.54) is 18.5 Å². The predicted molar refractivity (Wildman–Crippen MR) is 105 cm³/mol. The van der Waals surface area contributed by atoms with E-state index in [0.29, 0.717) is 12.5 Å². The van der Waals surface area contributed by atoms with E-state index in [9.17, 15) is 4.79 Å². The van der Waals surface area contributed by atoms with Gasteiger partial charge in [-0.2, -0.15) is 0 Å². The van der Waals surface area contributed by atoms with Crippen LogP contribution in [0.1, 0.15) is 52.6 Å². The average Bonchev–Trinajstić information content (AvgIpc) is 2.49. The van der Waals surface area contributed by atoms with Gasteiger partial charge in [0.05, 0.1) is 0 Å². The van der Waals surface area contributed by atoms with Crippen molar-refractivity contribution in [3.8, 4) is 0 Å². The fourth-order valence-electron chi connectivity index (χ4n) is 3.41. The monoisotopic (exact) mass is 333 g/mol. The lowest BCUT2D eigenvalue weighted by Gasteiger charge is -2.34. The van der Waals surface area contributed by atoms with Gasteiger partial charge in [-0.05, 0) is 62.4 Å². The number of aryl methyl sites for hydroxylation is 2. The number of piperidine rings is 1. The Morgan fingerprint density at radius 1 is 1.21 bits per heavy atom. The molecule has 24 heavy (non-hydrogen) atoms. The first-order valence-electron chi connectivity index (χ1n) is 9.03. The molecule has 4 nitrogen and oxygen atoms in total. The summed E-state index contributed by atoms with van der Waals surface area (Å²) in [7, 11) is 2.05. The summed E-state index contributed by atoms with van der Waals surface area (Å²) < 4.78 is 0. The van der Waals surface area contributed by atoms with Crippen LogP contribution in [0.15, 0.2) is 12.1 Å². The first-order valence-corrected chi connectivity index (χ1v) is 9.03. The van der Waals surface area contributed by atoms with Crippen LogP contribution in [0, 0.1) is 19.3 Å². The average molecular weight is 334 g/mol. The minimum atomic E-state index is 0. The van der Waals surface area contributed by atoms with Crippen molar-refractivity contribution in [2.75, 3.05) is 30.4 Å². The zero-order chi connectivity index (χ0) is 17.9. The standard InChI is InChI=1S/C20H33N3O.H2/c1-14-11-17(23-9-7-16(21-6)8-10-23)12-15(2)19(14)22-18(24)13-20(3,4)5;/h11-12,16,21H,7-10,13H2,1-6H3,(H,22,24);1H. The van der Waals surface area contributed by atoms with E-state index in [4.69, 9.17) is 0 Å². The highest BCUT2D eigenvalue weighted by Gasteiger charge is 2.20. The fourth-order valence-corrected chi connectivity index (χ4v) is 3.41. The van der Waals surface area contributed by atoms with Crippen LogP contribution in [0.25, 0.3) is 0 Å². The molecular formula is C20H35N3O.